The normalized spacial score (nSPS) is 13.1. The summed E-state index contributed by atoms with van der Waals surface area (Å²) in [5, 5.41) is 0.999. The molecule has 25 heavy (non-hydrogen) atoms. The molecule has 1 atom stereocenters. The van der Waals surface area contributed by atoms with E-state index in [1.165, 1.54) is 19.3 Å². The Balaban J connectivity index is 5.41. The lowest BCUT2D eigenvalue weighted by atomic mass is 10.2. The van der Waals surface area contributed by atoms with E-state index >= 15 is 0 Å². The average Bonchev–Trinajstić information content (AvgIpc) is 2.42. The van der Waals surface area contributed by atoms with Gasteiger partial charge in [0.05, 0.1) is 13.2 Å². The molecule has 0 saturated carbocycles. The van der Waals surface area contributed by atoms with Gasteiger partial charge in [-0.1, -0.05) is 13.0 Å². The van der Waals surface area contributed by atoms with Crippen LogP contribution in [0, 0.1) is 0 Å². The molecule has 0 aliphatic rings. The number of nitrogens with zero attached hydrogens (tertiary/aromatic N) is 1. The van der Waals surface area contributed by atoms with Crippen LogP contribution in [-0.4, -0.2) is 47.5 Å². The maximum atomic E-state index is 12.5. The second-order valence-corrected chi connectivity index (χ2v) is 7.32. The van der Waals surface area contributed by atoms with Gasteiger partial charge in [0, 0.05) is 6.08 Å². The third kappa shape index (κ3) is 10.3. The largest absolute Gasteiger partial charge is 0.466 e. The number of hydrogen-bond donors (Lipinski definition) is 1. The minimum Gasteiger partial charge on any atom is -0.466 e. The number of ether oxygens (including phenoxy) is 3. The molecule has 2 amide bonds. The highest BCUT2D eigenvalue weighted by Crippen LogP contribution is 2.14. The van der Waals surface area contributed by atoms with Crippen molar-refractivity contribution in [2.75, 3.05) is 7.11 Å². The van der Waals surface area contributed by atoms with Crippen molar-refractivity contribution in [3.8, 4) is 0 Å². The van der Waals surface area contributed by atoms with Crippen molar-refractivity contribution >= 4 is 18.2 Å². The van der Waals surface area contributed by atoms with Gasteiger partial charge in [0.1, 0.15) is 11.2 Å². The van der Waals surface area contributed by atoms with Gasteiger partial charge in [-0.15, -0.1) is 0 Å². The van der Waals surface area contributed by atoms with E-state index < -0.39 is 35.4 Å². The Bertz CT molecular complexity index is 502. The van der Waals surface area contributed by atoms with Crippen LogP contribution < -0.4 is 5.43 Å². The molecule has 1 N–H and O–H groups in total. The molecule has 0 rings (SSSR count). The Kier molecular flexibility index (Phi) is 8.45. The minimum absolute atomic E-state index is 0.419. The molecule has 8 nitrogen and oxygen atoms in total. The molecule has 0 radical (unpaired) electrons. The number of rotatable bonds is 4. The zero-order valence-corrected chi connectivity index (χ0v) is 16.3. The molecule has 144 valence electrons. The summed E-state index contributed by atoms with van der Waals surface area (Å²) >= 11 is 0. The summed E-state index contributed by atoms with van der Waals surface area (Å²) in [6.07, 6.45) is 1.49. The van der Waals surface area contributed by atoms with Gasteiger partial charge in [-0.25, -0.2) is 24.8 Å². The Morgan fingerprint density at radius 3 is 1.96 bits per heavy atom. The van der Waals surface area contributed by atoms with Gasteiger partial charge in [-0.3, -0.25) is 0 Å². The highest BCUT2D eigenvalue weighted by Gasteiger charge is 2.29. The summed E-state index contributed by atoms with van der Waals surface area (Å²) < 4.78 is 15.0. The molecule has 0 aliphatic carbocycles. The van der Waals surface area contributed by atoms with Crippen LogP contribution in [0.25, 0.3) is 0 Å². The molecule has 0 aromatic heterocycles. The molecular formula is C17H30N2O6. The standard InChI is InChI=1S/C17H30N2O6/c1-9-12(10-11-13(20)23-8)19(15(22)25-17(5,6)7)18-14(21)24-16(2,3)4/h10-12H,9H2,1-8H3,(H,18,21)/b11-10+/t12-/m0/s1. The fourth-order valence-electron chi connectivity index (χ4n) is 1.64. The van der Waals surface area contributed by atoms with Crippen molar-refractivity contribution in [1.29, 1.82) is 0 Å². The molecular weight excluding hydrogens is 328 g/mol. The van der Waals surface area contributed by atoms with Gasteiger partial charge < -0.3 is 14.2 Å². The second kappa shape index (κ2) is 9.29. The maximum Gasteiger partial charge on any atom is 0.429 e. The molecule has 0 unspecified atom stereocenters. The van der Waals surface area contributed by atoms with Crippen LogP contribution in [0.1, 0.15) is 54.9 Å². The lowest BCUT2D eigenvalue weighted by Crippen LogP contribution is -2.53. The average molecular weight is 358 g/mol. The number of hydrogen-bond acceptors (Lipinski definition) is 6. The van der Waals surface area contributed by atoms with E-state index in [0.29, 0.717) is 6.42 Å². The van der Waals surface area contributed by atoms with Crippen LogP contribution in [0.5, 0.6) is 0 Å². The van der Waals surface area contributed by atoms with Gasteiger partial charge >= 0.3 is 18.2 Å². The van der Waals surface area contributed by atoms with E-state index in [-0.39, 0.29) is 0 Å². The second-order valence-electron chi connectivity index (χ2n) is 7.32. The van der Waals surface area contributed by atoms with Crippen molar-refractivity contribution in [2.45, 2.75) is 72.1 Å². The van der Waals surface area contributed by atoms with Gasteiger partial charge in [-0.05, 0) is 48.0 Å². The first-order valence-electron chi connectivity index (χ1n) is 8.07. The van der Waals surface area contributed by atoms with Gasteiger partial charge in [0.2, 0.25) is 0 Å². The Hall–Kier alpha value is -2.25. The topological polar surface area (TPSA) is 94.2 Å². The SMILES string of the molecule is CC[C@@H](/C=C/C(=O)OC)N(NC(=O)OC(C)(C)C)C(=O)OC(C)(C)C. The van der Waals surface area contributed by atoms with Crippen LogP contribution in [0.2, 0.25) is 0 Å². The number of esters is 1. The summed E-state index contributed by atoms with van der Waals surface area (Å²) in [6, 6.07) is -0.624. The number of carbonyl (C=O) groups is 3. The summed E-state index contributed by atoms with van der Waals surface area (Å²) in [7, 11) is 1.25. The van der Waals surface area contributed by atoms with E-state index in [0.717, 1.165) is 5.01 Å². The fourth-order valence-corrected chi connectivity index (χ4v) is 1.64. The Labute approximate surface area is 149 Å². The van der Waals surface area contributed by atoms with E-state index in [9.17, 15) is 14.4 Å². The molecule has 0 saturated heterocycles. The number of amides is 2. The molecule has 0 heterocycles. The summed E-state index contributed by atoms with van der Waals surface area (Å²) in [5.74, 6) is -0.570. The lowest BCUT2D eigenvalue weighted by Gasteiger charge is -2.32. The van der Waals surface area contributed by atoms with Crippen LogP contribution in [0.15, 0.2) is 12.2 Å². The van der Waals surface area contributed by atoms with Crippen molar-refractivity contribution in [3.63, 3.8) is 0 Å². The third-order valence-electron chi connectivity index (χ3n) is 2.61. The quantitative estimate of drug-likeness (QED) is 0.359. The molecule has 0 spiro atoms. The van der Waals surface area contributed by atoms with E-state index in [2.05, 4.69) is 10.2 Å². The number of nitrogens with one attached hydrogen (secondary N) is 1. The molecule has 0 bridgehead atoms. The van der Waals surface area contributed by atoms with Gasteiger partial charge in [-0.2, -0.15) is 0 Å². The van der Waals surface area contributed by atoms with E-state index in [1.807, 2.05) is 0 Å². The van der Waals surface area contributed by atoms with Crippen molar-refractivity contribution in [1.82, 2.24) is 10.4 Å². The first-order valence-corrected chi connectivity index (χ1v) is 8.07. The molecule has 8 heteroatoms. The van der Waals surface area contributed by atoms with Crippen molar-refractivity contribution < 1.29 is 28.6 Å². The van der Waals surface area contributed by atoms with Crippen LogP contribution >= 0.6 is 0 Å². The zero-order chi connectivity index (χ0) is 19.8. The van der Waals surface area contributed by atoms with Crippen molar-refractivity contribution in [3.05, 3.63) is 12.2 Å². The van der Waals surface area contributed by atoms with Crippen molar-refractivity contribution in [2.24, 2.45) is 0 Å². The summed E-state index contributed by atoms with van der Waals surface area (Å²) in [5.41, 5.74) is 0.899. The molecule has 0 aromatic carbocycles. The lowest BCUT2D eigenvalue weighted by molar-refractivity contribution is -0.134. The molecule has 0 aliphatic heterocycles. The van der Waals surface area contributed by atoms with Gasteiger partial charge in [0.25, 0.3) is 0 Å². The summed E-state index contributed by atoms with van der Waals surface area (Å²) in [6.45, 7) is 12.0. The van der Waals surface area contributed by atoms with Crippen LogP contribution in [-0.2, 0) is 19.0 Å². The number of hydrazine groups is 1. The maximum absolute atomic E-state index is 12.5. The van der Waals surface area contributed by atoms with Gasteiger partial charge in [0.15, 0.2) is 0 Å². The summed E-state index contributed by atoms with van der Waals surface area (Å²) in [4.78, 5) is 35.8. The minimum atomic E-state index is -0.803. The highest BCUT2D eigenvalue weighted by atomic mass is 16.6. The first kappa shape index (κ1) is 22.8. The van der Waals surface area contributed by atoms with E-state index in [1.54, 1.807) is 48.5 Å². The predicted octanol–water partition coefficient (Wildman–Crippen LogP) is 3.17. The predicted molar refractivity (Wildman–Crippen MR) is 92.7 cm³/mol. The highest BCUT2D eigenvalue weighted by molar-refractivity contribution is 5.82. The number of methoxy groups -OCH3 is 1. The van der Waals surface area contributed by atoms with Crippen LogP contribution in [0.3, 0.4) is 0 Å². The Morgan fingerprint density at radius 1 is 1.04 bits per heavy atom. The molecule has 0 fully saturated rings. The molecule has 0 aromatic rings. The fraction of sp³-hybridized carbons (Fsp3) is 0.706. The van der Waals surface area contributed by atoms with Crippen LogP contribution in [0.4, 0.5) is 9.59 Å². The third-order valence-corrected chi connectivity index (χ3v) is 2.61. The Morgan fingerprint density at radius 2 is 1.56 bits per heavy atom. The number of carbonyl (C=O) groups excluding carboxylic acids is 3. The zero-order valence-electron chi connectivity index (χ0n) is 16.3. The monoisotopic (exact) mass is 358 g/mol. The first-order chi connectivity index (χ1) is 11.3. The van der Waals surface area contributed by atoms with E-state index in [4.69, 9.17) is 9.47 Å². The smallest absolute Gasteiger partial charge is 0.429 e.